The van der Waals surface area contributed by atoms with Crippen molar-refractivity contribution in [2.75, 3.05) is 39.6 Å². The summed E-state index contributed by atoms with van der Waals surface area (Å²) in [5.41, 5.74) is 0. The first-order valence-corrected chi connectivity index (χ1v) is 9.77. The predicted molar refractivity (Wildman–Crippen MR) is 96.7 cm³/mol. The SMILES string of the molecule is CC(C)C1CCOC1.CC(C)[C@@H]1CCOC1.CC[C@H]1CCOC1. The minimum atomic E-state index is 0.817. The van der Waals surface area contributed by atoms with Gasteiger partial charge in [-0.2, -0.15) is 0 Å². The van der Waals surface area contributed by atoms with Crippen LogP contribution in [0.15, 0.2) is 0 Å². The fourth-order valence-corrected chi connectivity index (χ4v) is 3.06. The summed E-state index contributed by atoms with van der Waals surface area (Å²) < 4.78 is 15.6. The summed E-state index contributed by atoms with van der Waals surface area (Å²) >= 11 is 0. The second kappa shape index (κ2) is 12.3. The summed E-state index contributed by atoms with van der Waals surface area (Å²) in [6.45, 7) is 17.3. The van der Waals surface area contributed by atoms with E-state index in [9.17, 15) is 0 Å². The van der Waals surface area contributed by atoms with Crippen LogP contribution in [-0.4, -0.2) is 39.6 Å². The van der Waals surface area contributed by atoms with Gasteiger partial charge in [-0.05, 0) is 48.9 Å². The van der Waals surface area contributed by atoms with E-state index in [1.165, 1.54) is 25.7 Å². The van der Waals surface area contributed by atoms with Crippen LogP contribution in [0, 0.1) is 29.6 Å². The Morgan fingerprint density at radius 3 is 1.30 bits per heavy atom. The lowest BCUT2D eigenvalue weighted by Gasteiger charge is -2.09. The molecule has 3 aliphatic heterocycles. The minimum absolute atomic E-state index is 0.817. The van der Waals surface area contributed by atoms with Gasteiger partial charge in [-0.1, -0.05) is 41.0 Å². The highest BCUT2D eigenvalue weighted by Crippen LogP contribution is 2.21. The van der Waals surface area contributed by atoms with E-state index >= 15 is 0 Å². The molecule has 138 valence electrons. The molecule has 0 aliphatic carbocycles. The highest BCUT2D eigenvalue weighted by atomic mass is 16.5. The lowest BCUT2D eigenvalue weighted by molar-refractivity contribution is 0.176. The topological polar surface area (TPSA) is 27.7 Å². The number of hydrogen-bond donors (Lipinski definition) is 0. The Kier molecular flexibility index (Phi) is 11.2. The van der Waals surface area contributed by atoms with Crippen molar-refractivity contribution in [3.8, 4) is 0 Å². The lowest BCUT2D eigenvalue weighted by atomic mass is 9.96. The van der Waals surface area contributed by atoms with Crippen LogP contribution in [-0.2, 0) is 14.2 Å². The zero-order valence-electron chi connectivity index (χ0n) is 16.2. The third-order valence-electron chi connectivity index (χ3n) is 5.42. The van der Waals surface area contributed by atoms with Crippen molar-refractivity contribution in [3.63, 3.8) is 0 Å². The zero-order valence-corrected chi connectivity index (χ0v) is 16.2. The monoisotopic (exact) mass is 328 g/mol. The molecular weight excluding hydrogens is 288 g/mol. The first-order valence-electron chi connectivity index (χ1n) is 9.77. The molecule has 0 bridgehead atoms. The summed E-state index contributed by atoms with van der Waals surface area (Å²) in [6.07, 6.45) is 5.13. The van der Waals surface area contributed by atoms with E-state index in [1.807, 2.05) is 0 Å². The first-order chi connectivity index (χ1) is 11.0. The standard InChI is InChI=1S/2C7H14O.C6H12O/c2*1-6(2)7-3-4-8-5-7;1-2-6-3-4-7-5-6/h2*6-7H,3-5H2,1-2H3;6H,2-5H2,1H3/t7-;;6-/m1.0/s1. The Labute approximate surface area is 144 Å². The third kappa shape index (κ3) is 9.07. The van der Waals surface area contributed by atoms with Crippen molar-refractivity contribution < 1.29 is 14.2 Å². The summed E-state index contributed by atoms with van der Waals surface area (Å²) in [6, 6.07) is 0. The molecule has 3 atom stereocenters. The maximum atomic E-state index is 5.22. The zero-order chi connectivity index (χ0) is 17.1. The van der Waals surface area contributed by atoms with Crippen molar-refractivity contribution in [3.05, 3.63) is 0 Å². The van der Waals surface area contributed by atoms with Crippen LogP contribution in [0.25, 0.3) is 0 Å². The molecule has 0 saturated carbocycles. The van der Waals surface area contributed by atoms with Crippen LogP contribution in [0.4, 0.5) is 0 Å². The molecule has 3 rings (SSSR count). The van der Waals surface area contributed by atoms with Gasteiger partial charge in [0.1, 0.15) is 0 Å². The van der Waals surface area contributed by atoms with E-state index in [1.54, 1.807) is 0 Å². The van der Waals surface area contributed by atoms with Crippen LogP contribution >= 0.6 is 0 Å². The number of ether oxygens (including phenoxy) is 3. The predicted octanol–water partition coefficient (Wildman–Crippen LogP) is 4.79. The van der Waals surface area contributed by atoms with Crippen molar-refractivity contribution in [2.24, 2.45) is 29.6 Å². The van der Waals surface area contributed by atoms with Gasteiger partial charge in [-0.15, -0.1) is 0 Å². The maximum absolute atomic E-state index is 5.22. The molecule has 0 aromatic heterocycles. The van der Waals surface area contributed by atoms with Crippen molar-refractivity contribution in [1.29, 1.82) is 0 Å². The molecule has 0 aromatic rings. The second-order valence-corrected chi connectivity index (χ2v) is 7.87. The van der Waals surface area contributed by atoms with E-state index in [4.69, 9.17) is 14.2 Å². The van der Waals surface area contributed by atoms with Gasteiger partial charge >= 0.3 is 0 Å². The lowest BCUT2D eigenvalue weighted by Crippen LogP contribution is -2.06. The summed E-state index contributed by atoms with van der Waals surface area (Å²) in [7, 11) is 0. The highest BCUT2D eigenvalue weighted by Gasteiger charge is 2.18. The van der Waals surface area contributed by atoms with Crippen LogP contribution in [0.1, 0.15) is 60.3 Å². The molecule has 3 fully saturated rings. The van der Waals surface area contributed by atoms with Gasteiger partial charge in [0.25, 0.3) is 0 Å². The molecule has 0 spiro atoms. The molecule has 23 heavy (non-hydrogen) atoms. The van der Waals surface area contributed by atoms with Gasteiger partial charge in [-0.3, -0.25) is 0 Å². The van der Waals surface area contributed by atoms with Crippen molar-refractivity contribution >= 4 is 0 Å². The van der Waals surface area contributed by atoms with Crippen LogP contribution in [0.5, 0.6) is 0 Å². The molecule has 3 saturated heterocycles. The normalized spacial score (nSPS) is 30.1. The van der Waals surface area contributed by atoms with E-state index in [0.29, 0.717) is 0 Å². The average molecular weight is 329 g/mol. The fourth-order valence-electron chi connectivity index (χ4n) is 3.06. The smallest absolute Gasteiger partial charge is 0.0497 e. The Morgan fingerprint density at radius 1 is 0.696 bits per heavy atom. The van der Waals surface area contributed by atoms with Gasteiger partial charge in [0, 0.05) is 39.6 Å². The minimum Gasteiger partial charge on any atom is -0.381 e. The van der Waals surface area contributed by atoms with E-state index < -0.39 is 0 Å². The third-order valence-corrected chi connectivity index (χ3v) is 5.42. The van der Waals surface area contributed by atoms with Crippen molar-refractivity contribution in [2.45, 2.75) is 60.3 Å². The maximum Gasteiger partial charge on any atom is 0.0497 e. The van der Waals surface area contributed by atoms with Gasteiger partial charge in [-0.25, -0.2) is 0 Å². The Hall–Kier alpha value is -0.120. The van der Waals surface area contributed by atoms with Crippen molar-refractivity contribution in [1.82, 2.24) is 0 Å². The fraction of sp³-hybridized carbons (Fsp3) is 1.00. The molecule has 0 aromatic carbocycles. The Bertz CT molecular complexity index is 240. The quantitative estimate of drug-likeness (QED) is 0.745. The molecule has 0 radical (unpaired) electrons. The summed E-state index contributed by atoms with van der Waals surface area (Å²) in [4.78, 5) is 0. The average Bonchev–Trinajstić information content (AvgIpc) is 3.30. The summed E-state index contributed by atoms with van der Waals surface area (Å²) in [5.74, 6) is 4.19. The molecule has 3 nitrogen and oxygen atoms in total. The Morgan fingerprint density at radius 2 is 1.13 bits per heavy atom. The van der Waals surface area contributed by atoms with Gasteiger partial charge in [0.05, 0.1) is 0 Å². The highest BCUT2D eigenvalue weighted by molar-refractivity contribution is 4.67. The van der Waals surface area contributed by atoms with Crippen LogP contribution in [0.3, 0.4) is 0 Å². The van der Waals surface area contributed by atoms with Gasteiger partial charge in [0.2, 0.25) is 0 Å². The van der Waals surface area contributed by atoms with E-state index in [2.05, 4.69) is 34.6 Å². The van der Waals surface area contributed by atoms with Crippen LogP contribution < -0.4 is 0 Å². The molecule has 1 unspecified atom stereocenters. The summed E-state index contributed by atoms with van der Waals surface area (Å²) in [5, 5.41) is 0. The molecule has 3 heteroatoms. The van der Waals surface area contributed by atoms with E-state index in [0.717, 1.165) is 69.2 Å². The molecule has 0 amide bonds. The van der Waals surface area contributed by atoms with Gasteiger partial charge in [0.15, 0.2) is 0 Å². The number of rotatable bonds is 3. The molecule has 3 heterocycles. The Balaban J connectivity index is 0.000000173. The second-order valence-electron chi connectivity index (χ2n) is 7.87. The van der Waals surface area contributed by atoms with E-state index in [-0.39, 0.29) is 0 Å². The van der Waals surface area contributed by atoms with Gasteiger partial charge < -0.3 is 14.2 Å². The molecule has 0 N–H and O–H groups in total. The largest absolute Gasteiger partial charge is 0.381 e. The molecule has 3 aliphatic rings. The number of hydrogen-bond acceptors (Lipinski definition) is 3. The first kappa shape index (κ1) is 20.9. The van der Waals surface area contributed by atoms with Crippen LogP contribution in [0.2, 0.25) is 0 Å². The molecular formula is C20H40O3.